The average Bonchev–Trinajstić information content (AvgIpc) is 2.65. The number of fused-ring (bicyclic) bond motifs is 21. The Kier molecular flexibility index (Phi) is 13.4. The molecule has 3 heterocycles. The van der Waals surface area contributed by atoms with Crippen molar-refractivity contribution in [1.82, 2.24) is 0 Å². The summed E-state index contributed by atoms with van der Waals surface area (Å²) in [5.74, 6) is 1.13. The first-order valence-electron chi connectivity index (χ1n) is 10.4. The molecule has 0 amide bonds. The lowest BCUT2D eigenvalue weighted by Crippen LogP contribution is -2.18. The lowest BCUT2D eigenvalue weighted by molar-refractivity contribution is 0.00397. The Hall–Kier alpha value is -0.240. The molecular weight excluding hydrogens is 336 g/mol. The molecule has 6 nitrogen and oxygen atoms in total. The summed E-state index contributed by atoms with van der Waals surface area (Å²) in [7, 11) is 0. The van der Waals surface area contributed by atoms with Gasteiger partial charge in [0.2, 0.25) is 0 Å². The Labute approximate surface area is 158 Å². The molecule has 154 valence electrons. The van der Waals surface area contributed by atoms with Gasteiger partial charge in [0.05, 0.1) is 39.6 Å². The van der Waals surface area contributed by atoms with Gasteiger partial charge < -0.3 is 28.4 Å². The smallest absolute Gasteiger partial charge is 0.0700 e. The second-order valence-electron chi connectivity index (χ2n) is 7.14. The van der Waals surface area contributed by atoms with Gasteiger partial charge in [-0.2, -0.15) is 0 Å². The molecule has 0 aromatic rings. The van der Waals surface area contributed by atoms with E-state index in [1.807, 2.05) is 0 Å². The van der Waals surface area contributed by atoms with Gasteiger partial charge in [0.15, 0.2) is 0 Å². The van der Waals surface area contributed by atoms with Crippen molar-refractivity contribution in [3.8, 4) is 0 Å². The van der Waals surface area contributed by atoms with Crippen molar-refractivity contribution in [3.05, 3.63) is 0 Å². The van der Waals surface area contributed by atoms with Crippen LogP contribution in [0.15, 0.2) is 0 Å². The van der Waals surface area contributed by atoms with E-state index in [-0.39, 0.29) is 0 Å². The molecule has 0 spiro atoms. The first-order valence-corrected chi connectivity index (χ1v) is 10.4. The maximum Gasteiger partial charge on any atom is 0.0700 e. The zero-order valence-corrected chi connectivity index (χ0v) is 16.3. The fourth-order valence-corrected chi connectivity index (χ4v) is 3.33. The average molecular weight is 375 g/mol. The van der Waals surface area contributed by atoms with E-state index in [1.165, 1.54) is 0 Å². The van der Waals surface area contributed by atoms with Gasteiger partial charge in [-0.15, -0.1) is 0 Å². The molecule has 0 radical (unpaired) electrons. The van der Waals surface area contributed by atoms with Gasteiger partial charge in [-0.3, -0.25) is 0 Å². The molecule has 0 aromatic carbocycles. The van der Waals surface area contributed by atoms with E-state index < -0.39 is 0 Å². The molecule has 0 aromatic heterocycles. The minimum atomic E-state index is 0.566. The number of hydrogen-bond acceptors (Lipinski definition) is 6. The van der Waals surface area contributed by atoms with Crippen LogP contribution in [0, 0.1) is 11.8 Å². The zero-order valence-electron chi connectivity index (χ0n) is 16.3. The van der Waals surface area contributed by atoms with Crippen LogP contribution in [0.3, 0.4) is 0 Å². The fraction of sp³-hybridized carbons (Fsp3) is 1.00. The SMILES string of the molecule is C1COCCC2CCOCCOCCC(CCO1)CCOCCOCC2. The molecular formula is C20H38O6. The summed E-state index contributed by atoms with van der Waals surface area (Å²) in [4.78, 5) is 0. The van der Waals surface area contributed by atoms with E-state index in [0.29, 0.717) is 51.5 Å². The number of hydrogen-bond donors (Lipinski definition) is 0. The monoisotopic (exact) mass is 374 g/mol. The molecule has 0 unspecified atom stereocenters. The van der Waals surface area contributed by atoms with Gasteiger partial charge in [-0.25, -0.2) is 0 Å². The summed E-state index contributed by atoms with van der Waals surface area (Å²) >= 11 is 0. The lowest BCUT2D eigenvalue weighted by Gasteiger charge is -2.20. The summed E-state index contributed by atoms with van der Waals surface area (Å²) in [6.07, 6.45) is 6.26. The van der Waals surface area contributed by atoms with E-state index in [1.54, 1.807) is 0 Å². The molecule has 3 fully saturated rings. The summed E-state index contributed by atoms with van der Waals surface area (Å²) in [6, 6.07) is 0. The third-order valence-electron chi connectivity index (χ3n) is 5.14. The molecule has 3 saturated heterocycles. The molecule has 3 aliphatic heterocycles. The van der Waals surface area contributed by atoms with Gasteiger partial charge >= 0.3 is 0 Å². The highest BCUT2D eigenvalue weighted by atomic mass is 16.5. The maximum absolute atomic E-state index is 5.75. The lowest BCUT2D eigenvalue weighted by atomic mass is 9.99. The number of ether oxygens (including phenoxy) is 6. The summed E-state index contributed by atoms with van der Waals surface area (Å²) in [6.45, 7) is 8.75. The Morgan fingerprint density at radius 1 is 0.269 bits per heavy atom. The molecule has 2 bridgehead atoms. The summed E-state index contributed by atoms with van der Waals surface area (Å²) in [5.41, 5.74) is 0. The van der Waals surface area contributed by atoms with Crippen LogP contribution in [0.4, 0.5) is 0 Å². The minimum Gasteiger partial charge on any atom is -0.379 e. The van der Waals surface area contributed by atoms with Crippen LogP contribution in [0.1, 0.15) is 38.5 Å². The van der Waals surface area contributed by atoms with Gasteiger partial charge in [-0.05, 0) is 50.4 Å². The van der Waals surface area contributed by atoms with E-state index in [0.717, 1.165) is 78.2 Å². The van der Waals surface area contributed by atoms with E-state index in [4.69, 9.17) is 28.4 Å². The van der Waals surface area contributed by atoms with E-state index in [9.17, 15) is 0 Å². The highest BCUT2D eigenvalue weighted by Gasteiger charge is 2.12. The van der Waals surface area contributed by atoms with Crippen LogP contribution in [-0.2, 0) is 28.4 Å². The molecule has 0 aliphatic carbocycles. The van der Waals surface area contributed by atoms with Crippen molar-refractivity contribution < 1.29 is 28.4 Å². The highest BCUT2D eigenvalue weighted by molar-refractivity contribution is 4.61. The molecule has 0 atom stereocenters. The third kappa shape index (κ3) is 11.5. The fourth-order valence-electron chi connectivity index (χ4n) is 3.33. The molecule has 0 N–H and O–H groups in total. The van der Waals surface area contributed by atoms with E-state index >= 15 is 0 Å². The Morgan fingerprint density at radius 2 is 0.462 bits per heavy atom. The van der Waals surface area contributed by atoms with Crippen LogP contribution in [-0.4, -0.2) is 79.3 Å². The van der Waals surface area contributed by atoms with Gasteiger partial charge in [0.1, 0.15) is 0 Å². The molecule has 26 heavy (non-hydrogen) atoms. The molecule has 3 rings (SSSR count). The Bertz CT molecular complexity index is 237. The predicted octanol–water partition coefficient (Wildman–Crippen LogP) is 2.69. The van der Waals surface area contributed by atoms with Crippen molar-refractivity contribution in [2.45, 2.75) is 38.5 Å². The molecule has 3 aliphatic rings. The predicted molar refractivity (Wildman–Crippen MR) is 99.6 cm³/mol. The van der Waals surface area contributed by atoms with Crippen molar-refractivity contribution in [2.24, 2.45) is 11.8 Å². The largest absolute Gasteiger partial charge is 0.379 e. The second-order valence-corrected chi connectivity index (χ2v) is 7.14. The van der Waals surface area contributed by atoms with Crippen molar-refractivity contribution >= 4 is 0 Å². The van der Waals surface area contributed by atoms with Crippen molar-refractivity contribution in [1.29, 1.82) is 0 Å². The van der Waals surface area contributed by atoms with Crippen LogP contribution in [0.2, 0.25) is 0 Å². The van der Waals surface area contributed by atoms with Crippen LogP contribution in [0.5, 0.6) is 0 Å². The van der Waals surface area contributed by atoms with Gasteiger partial charge in [0.25, 0.3) is 0 Å². The van der Waals surface area contributed by atoms with Crippen LogP contribution >= 0.6 is 0 Å². The quantitative estimate of drug-likeness (QED) is 0.650. The second kappa shape index (κ2) is 15.8. The molecule has 6 heteroatoms. The highest BCUT2D eigenvalue weighted by Crippen LogP contribution is 2.16. The Morgan fingerprint density at radius 3 is 0.654 bits per heavy atom. The minimum absolute atomic E-state index is 0.566. The van der Waals surface area contributed by atoms with Crippen molar-refractivity contribution in [2.75, 3.05) is 79.3 Å². The van der Waals surface area contributed by atoms with Crippen LogP contribution < -0.4 is 0 Å². The van der Waals surface area contributed by atoms with Gasteiger partial charge in [-0.1, -0.05) is 0 Å². The molecule has 0 saturated carbocycles. The standard InChI is InChI=1S/C20H38O6/c1-7-21-13-14-24-10-4-20-5-11-25-17-15-22-8-2-19(1)3-9-23-16-18-26-12-6-20/h19-20H,1-18H2. The topological polar surface area (TPSA) is 55.4 Å². The normalized spacial score (nSPS) is 30.5. The number of rotatable bonds is 0. The van der Waals surface area contributed by atoms with Gasteiger partial charge in [0, 0.05) is 39.6 Å². The van der Waals surface area contributed by atoms with E-state index in [2.05, 4.69) is 0 Å². The first-order chi connectivity index (χ1) is 12.9. The summed E-state index contributed by atoms with van der Waals surface area (Å²) < 4.78 is 34.5. The summed E-state index contributed by atoms with van der Waals surface area (Å²) in [5, 5.41) is 0. The first kappa shape index (κ1) is 22.1. The zero-order chi connectivity index (χ0) is 18.1. The van der Waals surface area contributed by atoms with Crippen molar-refractivity contribution in [3.63, 3.8) is 0 Å². The third-order valence-corrected chi connectivity index (χ3v) is 5.14. The van der Waals surface area contributed by atoms with Crippen LogP contribution in [0.25, 0.3) is 0 Å². The maximum atomic E-state index is 5.75. The Balaban J connectivity index is 1.87.